The van der Waals surface area contributed by atoms with Crippen molar-refractivity contribution in [1.29, 1.82) is 21.0 Å². The van der Waals surface area contributed by atoms with Gasteiger partial charge >= 0.3 is 0 Å². The Hall–Kier alpha value is -7.23. The number of nitriles is 4. The molecule has 0 amide bonds. The Morgan fingerprint density at radius 2 is 0.795 bits per heavy atom. The number of nitrogen functional groups attached to an aromatic ring is 5. The Morgan fingerprint density at radius 3 is 1.08 bits per heavy atom. The van der Waals surface area contributed by atoms with Gasteiger partial charge in [-0.2, -0.15) is 21.0 Å². The van der Waals surface area contributed by atoms with E-state index in [4.69, 9.17) is 55.4 Å². The molecule has 0 saturated carbocycles. The molecule has 5 rings (SSSR count). The van der Waals surface area contributed by atoms with Gasteiger partial charge in [-0.15, -0.1) is 0 Å². The van der Waals surface area contributed by atoms with Crippen LogP contribution in [0.25, 0.3) is 12.2 Å². The van der Waals surface area contributed by atoms with Crippen molar-refractivity contribution in [2.45, 2.75) is 109 Å². The summed E-state index contributed by atoms with van der Waals surface area (Å²) in [6.45, 7) is 33.4. The molecule has 13 N–H and O–H groups in total. The predicted octanol–water partition coefficient (Wildman–Crippen LogP) is 14.1. The van der Waals surface area contributed by atoms with Crippen molar-refractivity contribution in [2.75, 3.05) is 28.7 Å². The topological polar surface area (TPSA) is 284 Å². The lowest BCUT2D eigenvalue weighted by molar-refractivity contribution is 0.318. The molecule has 0 aromatic heterocycles. The minimum absolute atomic E-state index is 0.122. The molecule has 5 aromatic rings. The highest BCUT2D eigenvalue weighted by Gasteiger charge is 2.22. The molecule has 0 aliphatic heterocycles. The van der Waals surface area contributed by atoms with Crippen LogP contribution in [0.15, 0.2) is 100 Å². The molecule has 0 fully saturated rings. The van der Waals surface area contributed by atoms with Gasteiger partial charge in [0.05, 0.1) is 52.2 Å². The number of hydrogen-bond acceptors (Lipinski definition) is 11. The molecule has 0 saturated heterocycles. The van der Waals surface area contributed by atoms with Gasteiger partial charge in [-0.05, 0) is 185 Å². The maximum Gasteiger partial charge on any atom is 0.170 e. The summed E-state index contributed by atoms with van der Waals surface area (Å²) in [5.74, 6) is 0.125. The zero-order valence-electron chi connectivity index (χ0n) is 44.7. The van der Waals surface area contributed by atoms with Crippen molar-refractivity contribution >= 4 is 78.3 Å². The number of nitrogens with two attached hydrogens (primary N) is 6. The van der Waals surface area contributed by atoms with Crippen LogP contribution in [0.5, 0.6) is 0 Å². The molecule has 14 heteroatoms. The van der Waals surface area contributed by atoms with Gasteiger partial charge in [0.15, 0.2) is 5.84 Å². The van der Waals surface area contributed by atoms with Gasteiger partial charge in [0.1, 0.15) is 0 Å². The van der Waals surface area contributed by atoms with Gasteiger partial charge in [-0.1, -0.05) is 114 Å². The zero-order valence-corrected chi connectivity index (χ0v) is 47.9. The summed E-state index contributed by atoms with van der Waals surface area (Å²) < 4.78 is 1.48. The monoisotopic (exact) mass is 1110 g/mol. The van der Waals surface area contributed by atoms with Gasteiger partial charge in [-0.25, -0.2) is 0 Å². The molecule has 12 nitrogen and oxygen atoms in total. The molecular formula is C59H75Br2N11O. The van der Waals surface area contributed by atoms with Crippen LogP contribution in [-0.2, 0) is 25.7 Å². The third-order valence-corrected chi connectivity index (χ3v) is 11.5. The Kier molecular flexibility index (Phi) is 24.6. The fraction of sp³-hybridized carbons (Fsp3) is 0.339. The number of rotatable bonds is 7. The Bertz CT molecular complexity index is 2770. The number of amidine groups is 1. The van der Waals surface area contributed by atoms with Gasteiger partial charge in [-0.3, -0.25) is 0 Å². The van der Waals surface area contributed by atoms with E-state index in [9.17, 15) is 5.26 Å². The van der Waals surface area contributed by atoms with E-state index in [0.29, 0.717) is 39.3 Å². The van der Waals surface area contributed by atoms with Crippen molar-refractivity contribution < 1.29 is 5.21 Å². The Balaban J connectivity index is 0.000000471. The Labute approximate surface area is 452 Å². The molecule has 386 valence electrons. The van der Waals surface area contributed by atoms with Crippen molar-refractivity contribution in [2.24, 2.45) is 32.5 Å². The first kappa shape index (κ1) is 63.8. The average Bonchev–Trinajstić information content (AvgIpc) is 3.29. The second-order valence-corrected chi connectivity index (χ2v) is 24.0. The second-order valence-electron chi connectivity index (χ2n) is 22.3. The number of nitrogens with zero attached hydrogens (tertiary/aromatic N) is 5. The lowest BCUT2D eigenvalue weighted by Gasteiger charge is -2.24. The van der Waals surface area contributed by atoms with E-state index in [2.05, 4.69) is 145 Å². The van der Waals surface area contributed by atoms with Gasteiger partial charge < -0.3 is 39.6 Å². The second kappa shape index (κ2) is 28.1. The van der Waals surface area contributed by atoms with Crippen LogP contribution in [0.4, 0.5) is 28.4 Å². The smallest absolute Gasteiger partial charge is 0.170 e. The van der Waals surface area contributed by atoms with Crippen LogP contribution >= 0.6 is 31.9 Å². The standard InChI is InChI=1S/C17H29N3O.C17H26N2.C11H10N2.C7H4Br2N2.C7H6N2/c1-16(2,3)9-12-7-11(15(19)20-21)8-13(14(12)18)10-17(4,5)6;1-16(2,3)9-13-7-12(11-18)8-14(15(13)19)10-17(4,5)6;1-3-9-5-8(7-12)6-10(4-2)11(9)13;8-5-1-4(3-10)2-6(9)7(5)11;8-5-6-1-3-7(9)4-2-6/h7-8,21H,9-10,18H2,1-6H3,(H2,19,20);7-8H,9-10,19H2,1-6H3;3-6H,1-2,13H2;1-2H,11H2;1-4H,9H2. The largest absolute Gasteiger partial charge is 0.409 e. The van der Waals surface area contributed by atoms with E-state index in [1.54, 1.807) is 60.7 Å². The number of hydrogen-bond donors (Lipinski definition) is 7. The highest BCUT2D eigenvalue weighted by Crippen LogP contribution is 2.34. The number of halogens is 2. The molecule has 0 aliphatic rings. The molecule has 0 spiro atoms. The van der Waals surface area contributed by atoms with Crippen molar-refractivity contribution in [3.8, 4) is 24.3 Å². The van der Waals surface area contributed by atoms with E-state index in [1.165, 1.54) is 0 Å². The predicted molar refractivity (Wildman–Crippen MR) is 314 cm³/mol. The summed E-state index contributed by atoms with van der Waals surface area (Å²) in [4.78, 5) is 0. The quantitative estimate of drug-likeness (QED) is 0.0264. The molecule has 0 aliphatic carbocycles. The lowest BCUT2D eigenvalue weighted by Crippen LogP contribution is -2.19. The van der Waals surface area contributed by atoms with Crippen molar-refractivity contribution in [1.82, 2.24) is 0 Å². The zero-order chi connectivity index (χ0) is 56.2. The molecule has 0 heterocycles. The molecule has 0 unspecified atom stereocenters. The van der Waals surface area contributed by atoms with Crippen molar-refractivity contribution in [3.05, 3.63) is 156 Å². The van der Waals surface area contributed by atoms with Crippen LogP contribution in [0, 0.1) is 67.0 Å². The first-order chi connectivity index (χ1) is 33.6. The van der Waals surface area contributed by atoms with Crippen molar-refractivity contribution in [3.63, 3.8) is 0 Å². The normalized spacial score (nSPS) is 11.1. The van der Waals surface area contributed by atoms with E-state index < -0.39 is 0 Å². The number of benzene rings is 5. The molecule has 0 bridgehead atoms. The molecular weight excluding hydrogens is 1040 g/mol. The highest BCUT2D eigenvalue weighted by atomic mass is 79.9. The summed E-state index contributed by atoms with van der Waals surface area (Å²) >= 11 is 6.46. The SMILES string of the molecule is C=Cc1cc(C#N)cc(C=C)c1N.CC(C)(C)Cc1cc(/C(N)=N/O)cc(CC(C)(C)C)c1N.CC(C)(C)Cc1cc(C#N)cc(CC(C)(C)C)c1N.N#Cc1cc(Br)c(N)c(Br)c1.N#Cc1ccc(N)cc1. The fourth-order valence-corrected chi connectivity index (χ4v) is 8.19. The minimum atomic E-state index is 0.122. The van der Waals surface area contributed by atoms with Crippen LogP contribution in [0.3, 0.4) is 0 Å². The molecule has 0 atom stereocenters. The lowest BCUT2D eigenvalue weighted by atomic mass is 9.82. The summed E-state index contributed by atoms with van der Waals surface area (Å²) in [6.07, 6.45) is 6.74. The van der Waals surface area contributed by atoms with Gasteiger partial charge in [0, 0.05) is 37.3 Å². The highest BCUT2D eigenvalue weighted by molar-refractivity contribution is 9.11. The third kappa shape index (κ3) is 23.2. The Morgan fingerprint density at radius 1 is 0.493 bits per heavy atom. The first-order valence-electron chi connectivity index (χ1n) is 23.3. The summed E-state index contributed by atoms with van der Waals surface area (Å²) in [7, 11) is 0. The van der Waals surface area contributed by atoms with Gasteiger partial charge in [0.2, 0.25) is 0 Å². The van der Waals surface area contributed by atoms with E-state index in [1.807, 2.05) is 36.4 Å². The summed E-state index contributed by atoms with van der Waals surface area (Å²) in [6, 6.07) is 29.6. The van der Waals surface area contributed by atoms with Crippen LogP contribution < -0.4 is 34.4 Å². The van der Waals surface area contributed by atoms with Crippen LogP contribution in [0.2, 0.25) is 0 Å². The maximum absolute atomic E-state index is 9.18. The molecule has 5 aromatic carbocycles. The summed E-state index contributed by atoms with van der Waals surface area (Å²) in [5.41, 5.74) is 48.5. The maximum atomic E-state index is 9.18. The molecule has 0 radical (unpaired) electrons. The summed E-state index contributed by atoms with van der Waals surface area (Å²) in [5, 5.41) is 46.8. The minimum Gasteiger partial charge on any atom is -0.409 e. The van der Waals surface area contributed by atoms with E-state index in [-0.39, 0.29) is 27.5 Å². The first-order valence-corrected chi connectivity index (χ1v) is 24.9. The fourth-order valence-electron chi connectivity index (χ4n) is 7.01. The third-order valence-electron chi connectivity index (χ3n) is 10.2. The van der Waals surface area contributed by atoms with Crippen LogP contribution in [-0.4, -0.2) is 11.0 Å². The number of oxime groups is 1. The average molecular weight is 1110 g/mol. The van der Waals surface area contributed by atoms with E-state index in [0.717, 1.165) is 84.9 Å². The van der Waals surface area contributed by atoms with Crippen LogP contribution in [0.1, 0.15) is 144 Å². The van der Waals surface area contributed by atoms with E-state index >= 15 is 0 Å². The van der Waals surface area contributed by atoms with Gasteiger partial charge in [0.25, 0.3) is 0 Å². The number of anilines is 5. The molecule has 73 heavy (non-hydrogen) atoms.